The molecule has 0 aromatic heterocycles. The number of aliphatic hydroxyl groups excluding tert-OH is 2. The highest BCUT2D eigenvalue weighted by Gasteiger charge is 2.18. The van der Waals surface area contributed by atoms with Gasteiger partial charge in [0.05, 0.1) is 25.4 Å². The number of hydrogen-bond acceptors (Lipinski definition) is 5. The summed E-state index contributed by atoms with van der Waals surface area (Å²) in [7, 11) is 0. The van der Waals surface area contributed by atoms with Crippen LogP contribution in [0, 0.1) is 0 Å². The van der Waals surface area contributed by atoms with Gasteiger partial charge in [-0.05, 0) is 64.2 Å². The highest BCUT2D eigenvalue weighted by atomic mass is 16.5. The monoisotopic (exact) mass is 776 g/mol. The molecular formula is C49H93NO5. The summed E-state index contributed by atoms with van der Waals surface area (Å²) in [4.78, 5) is 24.4. The van der Waals surface area contributed by atoms with Crippen molar-refractivity contribution >= 4 is 11.9 Å². The molecule has 0 radical (unpaired) electrons. The fourth-order valence-corrected chi connectivity index (χ4v) is 7.21. The summed E-state index contributed by atoms with van der Waals surface area (Å²) in [6, 6.07) is -0.645. The van der Waals surface area contributed by atoms with Gasteiger partial charge in [0.25, 0.3) is 0 Å². The Morgan fingerprint density at radius 1 is 0.491 bits per heavy atom. The summed E-state index contributed by atoms with van der Waals surface area (Å²) in [6.45, 7) is 4.83. The van der Waals surface area contributed by atoms with Crippen molar-refractivity contribution in [3.63, 3.8) is 0 Å². The van der Waals surface area contributed by atoms with Crippen molar-refractivity contribution in [1.82, 2.24) is 5.32 Å². The van der Waals surface area contributed by atoms with Gasteiger partial charge in [-0.15, -0.1) is 0 Å². The molecule has 0 aliphatic heterocycles. The van der Waals surface area contributed by atoms with Gasteiger partial charge in [-0.25, -0.2) is 0 Å². The zero-order valence-electron chi connectivity index (χ0n) is 36.7. The average molecular weight is 776 g/mol. The van der Waals surface area contributed by atoms with Gasteiger partial charge in [0.2, 0.25) is 5.91 Å². The number of carbonyl (C=O) groups excluding carboxylic acids is 2. The molecule has 3 N–H and O–H groups in total. The molecule has 0 aromatic carbocycles. The largest absolute Gasteiger partial charge is 0.466 e. The zero-order valence-corrected chi connectivity index (χ0v) is 36.7. The van der Waals surface area contributed by atoms with E-state index >= 15 is 0 Å². The maximum atomic E-state index is 12.4. The van der Waals surface area contributed by atoms with E-state index in [-0.39, 0.29) is 18.5 Å². The predicted octanol–water partition coefficient (Wildman–Crippen LogP) is 14.0. The molecule has 0 bridgehead atoms. The van der Waals surface area contributed by atoms with Gasteiger partial charge in [0.1, 0.15) is 0 Å². The van der Waals surface area contributed by atoms with Gasteiger partial charge in [0.15, 0.2) is 0 Å². The Morgan fingerprint density at radius 2 is 0.855 bits per heavy atom. The number of hydrogen-bond donors (Lipinski definition) is 3. The second kappa shape index (κ2) is 45.0. The lowest BCUT2D eigenvalue weighted by atomic mass is 10.0. The molecule has 6 heteroatoms. The third kappa shape index (κ3) is 41.8. The van der Waals surface area contributed by atoms with Gasteiger partial charge in [-0.1, -0.05) is 199 Å². The first kappa shape index (κ1) is 53.3. The second-order valence-electron chi connectivity index (χ2n) is 16.4. The fraction of sp³-hybridized carbons (Fsp3) is 0.878. The van der Waals surface area contributed by atoms with E-state index < -0.39 is 12.1 Å². The Morgan fingerprint density at radius 3 is 1.29 bits per heavy atom. The van der Waals surface area contributed by atoms with Crippen LogP contribution in [0.4, 0.5) is 0 Å². The summed E-state index contributed by atoms with van der Waals surface area (Å²) >= 11 is 0. The minimum atomic E-state index is -0.859. The molecule has 55 heavy (non-hydrogen) atoms. The van der Waals surface area contributed by atoms with Crippen molar-refractivity contribution in [1.29, 1.82) is 0 Å². The Balaban J connectivity index is 3.55. The van der Waals surface area contributed by atoms with Crippen molar-refractivity contribution in [3.05, 3.63) is 24.3 Å². The third-order valence-corrected chi connectivity index (χ3v) is 11.0. The van der Waals surface area contributed by atoms with E-state index in [1.807, 2.05) is 6.08 Å². The van der Waals surface area contributed by atoms with Crippen LogP contribution in [0.5, 0.6) is 0 Å². The van der Waals surface area contributed by atoms with Crippen LogP contribution in [0.25, 0.3) is 0 Å². The number of amides is 1. The van der Waals surface area contributed by atoms with Crippen LogP contribution in [0.2, 0.25) is 0 Å². The van der Waals surface area contributed by atoms with E-state index in [9.17, 15) is 19.8 Å². The molecule has 324 valence electrons. The van der Waals surface area contributed by atoms with E-state index in [4.69, 9.17) is 4.74 Å². The van der Waals surface area contributed by atoms with E-state index in [0.29, 0.717) is 19.4 Å². The fourth-order valence-electron chi connectivity index (χ4n) is 7.21. The molecule has 0 spiro atoms. The Hall–Kier alpha value is -1.66. The first-order chi connectivity index (χ1) is 27.0. The van der Waals surface area contributed by atoms with E-state index in [1.54, 1.807) is 6.08 Å². The molecule has 0 aromatic rings. The summed E-state index contributed by atoms with van der Waals surface area (Å²) in [5.74, 6) is -0.118. The summed E-state index contributed by atoms with van der Waals surface area (Å²) in [5.41, 5.74) is 0. The number of esters is 1. The molecule has 0 aliphatic carbocycles. The van der Waals surface area contributed by atoms with Crippen LogP contribution in [-0.4, -0.2) is 47.4 Å². The van der Waals surface area contributed by atoms with Crippen molar-refractivity contribution in [2.45, 2.75) is 264 Å². The van der Waals surface area contributed by atoms with Gasteiger partial charge in [-0.2, -0.15) is 0 Å². The first-order valence-electron chi connectivity index (χ1n) is 24.1. The van der Waals surface area contributed by atoms with E-state index in [1.165, 1.54) is 148 Å². The van der Waals surface area contributed by atoms with Crippen LogP contribution >= 0.6 is 0 Å². The molecule has 0 saturated heterocycles. The number of aliphatic hydroxyl groups is 2. The molecule has 2 atom stereocenters. The normalized spacial score (nSPS) is 12.9. The molecular weight excluding hydrogens is 683 g/mol. The molecule has 2 unspecified atom stereocenters. The molecule has 0 fully saturated rings. The number of carbonyl (C=O) groups is 2. The third-order valence-electron chi connectivity index (χ3n) is 11.0. The van der Waals surface area contributed by atoms with Crippen molar-refractivity contribution in [3.8, 4) is 0 Å². The second-order valence-corrected chi connectivity index (χ2v) is 16.4. The molecule has 0 heterocycles. The van der Waals surface area contributed by atoms with Crippen LogP contribution < -0.4 is 5.32 Å². The number of ether oxygens (including phenoxy) is 1. The average Bonchev–Trinajstić information content (AvgIpc) is 3.18. The van der Waals surface area contributed by atoms with E-state index in [2.05, 4.69) is 31.3 Å². The SMILES string of the molecule is CCCCCCCCCCCCCC/C=C/C(O)C(CO)NC(=O)CCCCCCC/C=C\CCCCCOC(=O)CCCCCCCCCCCCCC. The van der Waals surface area contributed by atoms with Crippen molar-refractivity contribution in [2.75, 3.05) is 13.2 Å². The van der Waals surface area contributed by atoms with Crippen LogP contribution in [-0.2, 0) is 14.3 Å². The topological polar surface area (TPSA) is 95.9 Å². The van der Waals surface area contributed by atoms with Gasteiger partial charge in [0, 0.05) is 12.8 Å². The highest BCUT2D eigenvalue weighted by molar-refractivity contribution is 5.76. The molecule has 6 nitrogen and oxygen atoms in total. The Kier molecular flexibility index (Phi) is 43.7. The maximum Gasteiger partial charge on any atom is 0.305 e. The summed E-state index contributed by atoms with van der Waals surface area (Å²) in [6.07, 6.45) is 51.7. The maximum absolute atomic E-state index is 12.4. The van der Waals surface area contributed by atoms with Gasteiger partial charge in [-0.3, -0.25) is 9.59 Å². The molecule has 0 saturated carbocycles. The smallest absolute Gasteiger partial charge is 0.305 e. The lowest BCUT2D eigenvalue weighted by Crippen LogP contribution is -2.45. The minimum Gasteiger partial charge on any atom is -0.466 e. The number of rotatable bonds is 44. The lowest BCUT2D eigenvalue weighted by molar-refractivity contribution is -0.143. The standard InChI is InChI=1S/C49H93NO5/c1-3-5-7-9-11-13-15-17-18-21-25-29-33-37-41-47(52)46(45-51)50-48(53)42-38-34-30-26-22-19-20-24-28-32-36-40-44-55-49(54)43-39-35-31-27-23-16-14-12-10-8-6-4-2/h20,24,37,41,46-47,51-52H,3-19,21-23,25-36,38-40,42-45H2,1-2H3,(H,50,53)/b24-20-,41-37+. The summed E-state index contributed by atoms with van der Waals surface area (Å²) < 4.78 is 5.43. The Bertz CT molecular complexity index is 858. The van der Waals surface area contributed by atoms with Crippen LogP contribution in [0.3, 0.4) is 0 Å². The number of unbranched alkanes of at least 4 members (excludes halogenated alkanes) is 31. The molecule has 1 amide bonds. The highest BCUT2D eigenvalue weighted by Crippen LogP contribution is 2.15. The minimum absolute atomic E-state index is 0.0242. The predicted molar refractivity (Wildman–Crippen MR) is 236 cm³/mol. The van der Waals surface area contributed by atoms with Crippen LogP contribution in [0.1, 0.15) is 251 Å². The number of allylic oxidation sites excluding steroid dienone is 3. The Labute approximate surface area is 341 Å². The molecule has 0 aliphatic rings. The lowest BCUT2D eigenvalue weighted by Gasteiger charge is -2.20. The zero-order chi connectivity index (χ0) is 40.1. The van der Waals surface area contributed by atoms with Gasteiger partial charge >= 0.3 is 5.97 Å². The molecule has 0 rings (SSSR count). The van der Waals surface area contributed by atoms with Gasteiger partial charge < -0.3 is 20.3 Å². The van der Waals surface area contributed by atoms with Crippen molar-refractivity contribution < 1.29 is 24.5 Å². The van der Waals surface area contributed by atoms with Crippen molar-refractivity contribution in [2.24, 2.45) is 0 Å². The van der Waals surface area contributed by atoms with Crippen LogP contribution in [0.15, 0.2) is 24.3 Å². The van der Waals surface area contributed by atoms with E-state index in [0.717, 1.165) is 77.0 Å². The first-order valence-corrected chi connectivity index (χ1v) is 24.1. The number of nitrogens with one attached hydrogen (secondary N) is 1. The summed E-state index contributed by atoms with van der Waals surface area (Å²) in [5, 5.41) is 23.0. The quantitative estimate of drug-likeness (QED) is 0.0325.